The maximum atomic E-state index is 13.4. The first kappa shape index (κ1) is 29.0. The van der Waals surface area contributed by atoms with Gasteiger partial charge in [0.1, 0.15) is 0 Å². The first-order valence-electron chi connectivity index (χ1n) is 14.3. The molecule has 0 saturated heterocycles. The van der Waals surface area contributed by atoms with Gasteiger partial charge in [-0.3, -0.25) is 0 Å². The number of unbranched alkanes of at least 4 members (excludes halogenated alkanes) is 2. The van der Waals surface area contributed by atoms with Gasteiger partial charge in [-0.1, -0.05) is 56.2 Å². The molecule has 0 radical (unpaired) electrons. The van der Waals surface area contributed by atoms with Crippen LogP contribution >= 0.6 is 0 Å². The second-order valence-corrected chi connectivity index (χ2v) is 12.5. The Balaban J connectivity index is 1.33. The van der Waals surface area contributed by atoms with Gasteiger partial charge >= 0.3 is 0 Å². The van der Waals surface area contributed by atoms with Gasteiger partial charge < -0.3 is 16.0 Å². The monoisotopic (exact) mass is 553 g/mol. The number of hydrogen-bond acceptors (Lipinski definition) is 8. The quantitative estimate of drug-likeness (QED) is 0.199. The van der Waals surface area contributed by atoms with Crippen molar-refractivity contribution in [1.82, 2.24) is 19.7 Å². The van der Waals surface area contributed by atoms with Crippen LogP contribution in [-0.2, 0) is 10.0 Å². The van der Waals surface area contributed by atoms with Crippen LogP contribution in [0, 0.1) is 12.8 Å². The molecular formula is C29H43N7O2S. The van der Waals surface area contributed by atoms with Crippen LogP contribution in [0.3, 0.4) is 0 Å². The highest BCUT2D eigenvalue weighted by molar-refractivity contribution is 7.89. The van der Waals surface area contributed by atoms with E-state index in [1.54, 1.807) is 0 Å². The molecule has 0 spiro atoms. The van der Waals surface area contributed by atoms with Gasteiger partial charge in [0.25, 0.3) is 0 Å². The minimum absolute atomic E-state index is 0.0671. The van der Waals surface area contributed by atoms with Crippen molar-refractivity contribution >= 4 is 38.6 Å². The third kappa shape index (κ3) is 8.02. The highest BCUT2D eigenvalue weighted by Gasteiger charge is 2.28. The number of sulfonamides is 1. The average Bonchev–Trinajstić information content (AvgIpc) is 2.90. The molecule has 212 valence electrons. The second kappa shape index (κ2) is 13.4. The Morgan fingerprint density at radius 3 is 2.31 bits per heavy atom. The molecule has 0 atom stereocenters. The molecule has 10 heteroatoms. The van der Waals surface area contributed by atoms with E-state index in [2.05, 4.69) is 56.4 Å². The lowest BCUT2D eigenvalue weighted by Crippen LogP contribution is -2.38. The predicted octanol–water partition coefficient (Wildman–Crippen LogP) is 5.70. The molecule has 2 aromatic carbocycles. The Morgan fingerprint density at radius 2 is 1.59 bits per heavy atom. The van der Waals surface area contributed by atoms with E-state index in [-0.39, 0.29) is 12.1 Å². The van der Waals surface area contributed by atoms with Crippen LogP contribution in [0.25, 0.3) is 10.8 Å². The normalized spacial score (nSPS) is 17.9. The molecule has 1 aliphatic carbocycles. The van der Waals surface area contributed by atoms with Crippen molar-refractivity contribution in [1.29, 1.82) is 0 Å². The van der Waals surface area contributed by atoms with Crippen LogP contribution in [0.2, 0.25) is 0 Å². The van der Waals surface area contributed by atoms with Crippen molar-refractivity contribution in [3.8, 4) is 0 Å². The zero-order chi connectivity index (χ0) is 27.8. The lowest BCUT2D eigenvalue weighted by molar-refractivity contribution is 0.323. The van der Waals surface area contributed by atoms with Gasteiger partial charge in [0.2, 0.25) is 27.9 Å². The highest BCUT2D eigenvalue weighted by atomic mass is 32.2. The lowest BCUT2D eigenvalue weighted by Gasteiger charge is -2.29. The smallest absolute Gasteiger partial charge is 0.241 e. The Hall–Kier alpha value is -2.98. The molecule has 1 aromatic heterocycles. The molecule has 1 saturated carbocycles. The number of hydrogen-bond donors (Lipinski definition) is 4. The van der Waals surface area contributed by atoms with Crippen LogP contribution in [-0.4, -0.2) is 48.5 Å². The van der Waals surface area contributed by atoms with Crippen LogP contribution < -0.4 is 20.7 Å². The first-order valence-corrected chi connectivity index (χ1v) is 15.7. The number of nitrogens with one attached hydrogen (secondary N) is 4. The summed E-state index contributed by atoms with van der Waals surface area (Å²) in [6.07, 6.45) is 6.87. The molecule has 4 N–H and O–H groups in total. The number of aromatic nitrogens is 3. The topological polar surface area (TPSA) is 121 Å². The van der Waals surface area contributed by atoms with E-state index >= 15 is 0 Å². The van der Waals surface area contributed by atoms with E-state index in [1.165, 1.54) is 12.8 Å². The largest absolute Gasteiger partial charge is 0.354 e. The van der Waals surface area contributed by atoms with Crippen molar-refractivity contribution in [3.05, 3.63) is 42.0 Å². The van der Waals surface area contributed by atoms with Gasteiger partial charge in [-0.05, 0) is 69.7 Å². The zero-order valence-corrected chi connectivity index (χ0v) is 24.4. The summed E-state index contributed by atoms with van der Waals surface area (Å²) in [5, 5.41) is 11.7. The van der Waals surface area contributed by atoms with E-state index in [1.807, 2.05) is 43.3 Å². The minimum Gasteiger partial charge on any atom is -0.354 e. The van der Waals surface area contributed by atoms with Gasteiger partial charge in [0.05, 0.1) is 4.90 Å². The molecule has 9 nitrogen and oxygen atoms in total. The number of nitrogens with zero attached hydrogens (tertiary/aromatic N) is 3. The molecule has 39 heavy (non-hydrogen) atoms. The summed E-state index contributed by atoms with van der Waals surface area (Å²) in [5.74, 6) is 2.11. The van der Waals surface area contributed by atoms with Crippen molar-refractivity contribution in [2.45, 2.75) is 89.6 Å². The standard InChI is InChI=1S/C29H43N7O2S/c1-5-6-9-18-30-27-33-28(35-29(34-27)32-20(2)3)31-19-22-13-16-24(17-14-22)36-39(37,38)26-21(4)12-15-23-10-7-8-11-25(23)26/h7-8,10-12,15,20,22,24,36H,5-6,9,13-14,16-19H2,1-4H3,(H3,30,31,32,33,34,35). The van der Waals surface area contributed by atoms with Gasteiger partial charge in [-0.2, -0.15) is 15.0 Å². The zero-order valence-electron chi connectivity index (χ0n) is 23.6. The van der Waals surface area contributed by atoms with E-state index < -0.39 is 10.0 Å². The summed E-state index contributed by atoms with van der Waals surface area (Å²) < 4.78 is 29.8. The summed E-state index contributed by atoms with van der Waals surface area (Å²) >= 11 is 0. The fourth-order valence-electron chi connectivity index (χ4n) is 5.14. The maximum absolute atomic E-state index is 13.4. The molecule has 0 unspecified atom stereocenters. The Bertz CT molecular complexity index is 1340. The minimum atomic E-state index is -3.63. The van der Waals surface area contributed by atoms with Crippen molar-refractivity contribution in [3.63, 3.8) is 0 Å². The summed E-state index contributed by atoms with van der Waals surface area (Å²) in [7, 11) is -3.63. The third-order valence-electron chi connectivity index (χ3n) is 7.18. The average molecular weight is 554 g/mol. The van der Waals surface area contributed by atoms with Crippen molar-refractivity contribution in [2.75, 3.05) is 29.0 Å². The molecule has 3 aromatic rings. The highest BCUT2D eigenvalue weighted by Crippen LogP contribution is 2.29. The number of fused-ring (bicyclic) bond motifs is 1. The van der Waals surface area contributed by atoms with E-state index in [0.717, 1.165) is 61.5 Å². The van der Waals surface area contributed by atoms with Gasteiger partial charge in [0, 0.05) is 30.6 Å². The van der Waals surface area contributed by atoms with Crippen LogP contribution in [0.5, 0.6) is 0 Å². The second-order valence-electron chi connectivity index (χ2n) is 10.9. The summed E-state index contributed by atoms with van der Waals surface area (Å²) in [6.45, 7) is 9.72. The van der Waals surface area contributed by atoms with E-state index in [0.29, 0.717) is 28.7 Å². The Morgan fingerprint density at radius 1 is 0.897 bits per heavy atom. The summed E-state index contributed by atoms with van der Waals surface area (Å²) in [5.41, 5.74) is 0.766. The lowest BCUT2D eigenvalue weighted by atomic mass is 9.86. The SMILES string of the molecule is CCCCCNc1nc(NCC2CCC(NS(=O)(=O)c3c(C)ccc4ccccc34)CC2)nc(NC(C)C)n1. The maximum Gasteiger partial charge on any atom is 0.241 e. The number of benzene rings is 2. The van der Waals surface area contributed by atoms with Crippen LogP contribution in [0.15, 0.2) is 41.3 Å². The first-order chi connectivity index (χ1) is 18.7. The fraction of sp³-hybridized carbons (Fsp3) is 0.552. The van der Waals surface area contributed by atoms with Gasteiger partial charge in [-0.25, -0.2) is 13.1 Å². The number of aryl methyl sites for hydroxylation is 1. The van der Waals surface area contributed by atoms with Crippen LogP contribution in [0.1, 0.15) is 71.3 Å². The Labute approximate surface area is 233 Å². The molecule has 1 fully saturated rings. The molecule has 0 aliphatic heterocycles. The molecular weight excluding hydrogens is 510 g/mol. The van der Waals surface area contributed by atoms with E-state index in [4.69, 9.17) is 0 Å². The Kier molecular flexibility index (Phi) is 9.96. The van der Waals surface area contributed by atoms with E-state index in [9.17, 15) is 8.42 Å². The third-order valence-corrected chi connectivity index (χ3v) is 8.90. The summed E-state index contributed by atoms with van der Waals surface area (Å²) in [4.78, 5) is 14.0. The molecule has 0 amide bonds. The predicted molar refractivity (Wildman–Crippen MR) is 160 cm³/mol. The van der Waals surface area contributed by atoms with Gasteiger partial charge in [-0.15, -0.1) is 0 Å². The number of rotatable bonds is 13. The van der Waals surface area contributed by atoms with Gasteiger partial charge in [0.15, 0.2) is 0 Å². The van der Waals surface area contributed by atoms with Crippen molar-refractivity contribution < 1.29 is 8.42 Å². The summed E-state index contributed by atoms with van der Waals surface area (Å²) in [6, 6.07) is 11.7. The van der Waals surface area contributed by atoms with Crippen LogP contribution in [0.4, 0.5) is 17.8 Å². The molecule has 1 heterocycles. The molecule has 0 bridgehead atoms. The number of anilines is 3. The fourth-order valence-corrected chi connectivity index (χ4v) is 6.90. The molecule has 4 rings (SSSR count). The molecule has 1 aliphatic rings. The van der Waals surface area contributed by atoms with Crippen molar-refractivity contribution in [2.24, 2.45) is 5.92 Å².